The summed E-state index contributed by atoms with van der Waals surface area (Å²) >= 11 is 1.63. The third-order valence-corrected chi connectivity index (χ3v) is 3.30. The van der Waals surface area contributed by atoms with Crippen LogP contribution >= 0.6 is 11.3 Å². The Morgan fingerprint density at radius 1 is 1.69 bits per heavy atom. The summed E-state index contributed by atoms with van der Waals surface area (Å²) in [6.07, 6.45) is 2.29. The predicted molar refractivity (Wildman–Crippen MR) is 50.8 cm³/mol. The molecule has 1 N–H and O–H groups in total. The Labute approximate surface area is 81.4 Å². The standard InChI is InChI=1S/C9H13NO2S/c11-4-8-6-13-9(10-8)7-2-1-3-12-5-7/h6-7,11H,1-5H2. The summed E-state index contributed by atoms with van der Waals surface area (Å²) < 4.78 is 5.38. The lowest BCUT2D eigenvalue weighted by molar-refractivity contribution is 0.0802. The fraction of sp³-hybridized carbons (Fsp3) is 0.667. The minimum absolute atomic E-state index is 0.0457. The lowest BCUT2D eigenvalue weighted by Gasteiger charge is -2.19. The molecular formula is C9H13NO2S. The predicted octanol–water partition coefficient (Wildman–Crippen LogP) is 1.53. The average molecular weight is 199 g/mol. The van der Waals surface area contributed by atoms with Crippen molar-refractivity contribution in [1.82, 2.24) is 4.98 Å². The van der Waals surface area contributed by atoms with E-state index in [2.05, 4.69) is 4.98 Å². The molecule has 2 heterocycles. The van der Waals surface area contributed by atoms with E-state index in [-0.39, 0.29) is 6.61 Å². The highest BCUT2D eigenvalue weighted by Crippen LogP contribution is 2.27. The van der Waals surface area contributed by atoms with E-state index in [0.29, 0.717) is 5.92 Å². The molecule has 0 amide bonds. The van der Waals surface area contributed by atoms with Crippen LogP contribution in [-0.4, -0.2) is 23.3 Å². The number of aliphatic hydroxyl groups excluding tert-OH is 1. The van der Waals surface area contributed by atoms with E-state index >= 15 is 0 Å². The summed E-state index contributed by atoms with van der Waals surface area (Å²) in [7, 11) is 0. The van der Waals surface area contributed by atoms with Crippen molar-refractivity contribution in [3.05, 3.63) is 16.1 Å². The molecule has 1 aromatic heterocycles. The van der Waals surface area contributed by atoms with Crippen LogP contribution in [-0.2, 0) is 11.3 Å². The average Bonchev–Trinajstić information content (AvgIpc) is 2.67. The summed E-state index contributed by atoms with van der Waals surface area (Å²) in [4.78, 5) is 4.34. The maximum Gasteiger partial charge on any atom is 0.0983 e. The van der Waals surface area contributed by atoms with E-state index in [1.165, 1.54) is 6.42 Å². The van der Waals surface area contributed by atoms with Crippen molar-refractivity contribution < 1.29 is 9.84 Å². The molecule has 1 aromatic rings. The van der Waals surface area contributed by atoms with Gasteiger partial charge < -0.3 is 9.84 Å². The number of rotatable bonds is 2. The second-order valence-corrected chi connectivity index (χ2v) is 4.14. The van der Waals surface area contributed by atoms with Gasteiger partial charge in [0.2, 0.25) is 0 Å². The molecule has 4 heteroatoms. The summed E-state index contributed by atoms with van der Waals surface area (Å²) in [5.74, 6) is 0.457. The lowest BCUT2D eigenvalue weighted by atomic mass is 10.0. The van der Waals surface area contributed by atoms with Crippen molar-refractivity contribution in [3.8, 4) is 0 Å². The van der Waals surface area contributed by atoms with E-state index in [0.717, 1.165) is 30.3 Å². The molecule has 0 spiro atoms. The second-order valence-electron chi connectivity index (χ2n) is 3.25. The van der Waals surface area contributed by atoms with Crippen molar-refractivity contribution >= 4 is 11.3 Å². The van der Waals surface area contributed by atoms with Crippen LogP contribution in [0.15, 0.2) is 5.38 Å². The van der Waals surface area contributed by atoms with Crippen molar-refractivity contribution in [2.45, 2.75) is 25.4 Å². The van der Waals surface area contributed by atoms with E-state index in [9.17, 15) is 0 Å². The Morgan fingerprint density at radius 3 is 3.23 bits per heavy atom. The van der Waals surface area contributed by atoms with Gasteiger partial charge in [-0.15, -0.1) is 11.3 Å². The highest BCUT2D eigenvalue weighted by Gasteiger charge is 2.18. The maximum atomic E-state index is 8.86. The third-order valence-electron chi connectivity index (χ3n) is 2.24. The van der Waals surface area contributed by atoms with Gasteiger partial charge in [0, 0.05) is 17.9 Å². The number of aromatic nitrogens is 1. The molecule has 1 atom stereocenters. The molecule has 1 fully saturated rings. The highest BCUT2D eigenvalue weighted by molar-refractivity contribution is 7.09. The molecular weight excluding hydrogens is 186 g/mol. The smallest absolute Gasteiger partial charge is 0.0983 e. The molecule has 0 aliphatic carbocycles. The molecule has 0 bridgehead atoms. The summed E-state index contributed by atoms with van der Waals surface area (Å²) in [6, 6.07) is 0. The monoisotopic (exact) mass is 199 g/mol. The zero-order valence-corrected chi connectivity index (χ0v) is 8.22. The van der Waals surface area contributed by atoms with Crippen LogP contribution in [0.5, 0.6) is 0 Å². The van der Waals surface area contributed by atoms with Gasteiger partial charge in [0.15, 0.2) is 0 Å². The molecule has 0 radical (unpaired) electrons. The zero-order chi connectivity index (χ0) is 9.10. The first-order valence-electron chi connectivity index (χ1n) is 4.53. The molecule has 2 rings (SSSR count). The van der Waals surface area contributed by atoms with Crippen molar-refractivity contribution in [2.75, 3.05) is 13.2 Å². The van der Waals surface area contributed by atoms with Crippen LogP contribution in [0.25, 0.3) is 0 Å². The molecule has 1 unspecified atom stereocenters. The Morgan fingerprint density at radius 2 is 2.62 bits per heavy atom. The van der Waals surface area contributed by atoms with Gasteiger partial charge in [0.1, 0.15) is 0 Å². The Bertz CT molecular complexity index is 268. The van der Waals surface area contributed by atoms with Crippen molar-refractivity contribution in [2.24, 2.45) is 0 Å². The Kier molecular flexibility index (Phi) is 2.93. The molecule has 0 saturated carbocycles. The molecule has 3 nitrogen and oxygen atoms in total. The molecule has 13 heavy (non-hydrogen) atoms. The Balaban J connectivity index is 2.05. The highest BCUT2D eigenvalue weighted by atomic mass is 32.1. The number of nitrogens with zero attached hydrogens (tertiary/aromatic N) is 1. The minimum atomic E-state index is 0.0457. The van der Waals surface area contributed by atoms with Crippen LogP contribution in [0.4, 0.5) is 0 Å². The first kappa shape index (κ1) is 9.12. The molecule has 72 valence electrons. The maximum absolute atomic E-state index is 8.86. The topological polar surface area (TPSA) is 42.4 Å². The second kappa shape index (κ2) is 4.17. The third kappa shape index (κ3) is 2.07. The first-order valence-corrected chi connectivity index (χ1v) is 5.41. The van der Waals surface area contributed by atoms with Crippen molar-refractivity contribution in [3.63, 3.8) is 0 Å². The number of hydrogen-bond donors (Lipinski definition) is 1. The van der Waals surface area contributed by atoms with E-state index in [4.69, 9.17) is 9.84 Å². The van der Waals surface area contributed by atoms with Crippen LogP contribution in [0.3, 0.4) is 0 Å². The molecule has 0 aromatic carbocycles. The minimum Gasteiger partial charge on any atom is -0.390 e. The van der Waals surface area contributed by atoms with E-state index in [1.807, 2.05) is 5.38 Å². The number of hydrogen-bond acceptors (Lipinski definition) is 4. The van der Waals surface area contributed by atoms with Crippen LogP contribution in [0.2, 0.25) is 0 Å². The van der Waals surface area contributed by atoms with Gasteiger partial charge in [-0.1, -0.05) is 0 Å². The van der Waals surface area contributed by atoms with Crippen LogP contribution in [0, 0.1) is 0 Å². The number of ether oxygens (including phenoxy) is 1. The van der Waals surface area contributed by atoms with Gasteiger partial charge in [-0.05, 0) is 12.8 Å². The van der Waals surface area contributed by atoms with Gasteiger partial charge in [-0.3, -0.25) is 0 Å². The lowest BCUT2D eigenvalue weighted by Crippen LogP contribution is -2.15. The summed E-state index contributed by atoms with van der Waals surface area (Å²) in [6.45, 7) is 1.72. The fourth-order valence-corrected chi connectivity index (χ4v) is 2.45. The first-order chi connectivity index (χ1) is 6.40. The fourth-order valence-electron chi connectivity index (χ4n) is 1.52. The number of aliphatic hydroxyl groups is 1. The molecule has 1 aliphatic rings. The summed E-state index contributed by atoms with van der Waals surface area (Å²) in [5.41, 5.74) is 0.783. The quantitative estimate of drug-likeness (QED) is 0.785. The van der Waals surface area contributed by atoms with Gasteiger partial charge >= 0.3 is 0 Å². The normalized spacial score (nSPS) is 23.3. The summed E-state index contributed by atoms with van der Waals surface area (Å²) in [5, 5.41) is 11.9. The number of thiazole rings is 1. The SMILES string of the molecule is OCc1csc(C2CCCOC2)n1. The van der Waals surface area contributed by atoms with Gasteiger partial charge in [0.05, 0.1) is 23.9 Å². The zero-order valence-electron chi connectivity index (χ0n) is 7.40. The van der Waals surface area contributed by atoms with Gasteiger partial charge in [0.25, 0.3) is 0 Å². The largest absolute Gasteiger partial charge is 0.390 e. The van der Waals surface area contributed by atoms with Gasteiger partial charge in [-0.2, -0.15) is 0 Å². The van der Waals surface area contributed by atoms with Gasteiger partial charge in [-0.25, -0.2) is 4.98 Å². The van der Waals surface area contributed by atoms with Crippen LogP contribution in [0.1, 0.15) is 29.5 Å². The van der Waals surface area contributed by atoms with E-state index < -0.39 is 0 Å². The molecule has 1 saturated heterocycles. The molecule has 1 aliphatic heterocycles. The Hall–Kier alpha value is -0.450. The van der Waals surface area contributed by atoms with Crippen LogP contribution < -0.4 is 0 Å². The van der Waals surface area contributed by atoms with E-state index in [1.54, 1.807) is 11.3 Å². The van der Waals surface area contributed by atoms with Crippen molar-refractivity contribution in [1.29, 1.82) is 0 Å².